The Bertz CT molecular complexity index is 329. The molecule has 0 bridgehead atoms. The third kappa shape index (κ3) is 3.61. The second-order valence-electron chi connectivity index (χ2n) is 3.18. The number of nitrogen functional groups attached to an aromatic ring is 1. The van der Waals surface area contributed by atoms with Gasteiger partial charge in [0, 0.05) is 12.7 Å². The Balaban J connectivity index is 2.57. The second kappa shape index (κ2) is 5.83. The molecule has 1 rings (SSSR count). The van der Waals surface area contributed by atoms with E-state index in [4.69, 9.17) is 26.8 Å². The fourth-order valence-corrected chi connectivity index (χ4v) is 1.35. The molecule has 0 fully saturated rings. The van der Waals surface area contributed by atoms with Gasteiger partial charge in [-0.3, -0.25) is 0 Å². The quantitative estimate of drug-likeness (QED) is 0.624. The van der Waals surface area contributed by atoms with Gasteiger partial charge in [-0.1, -0.05) is 11.6 Å². The standard InChI is InChI=1S/C11H16ClNO2/c1-3-14-4-5-15-11-7-9(12)10(13)6-8(11)2/h6-7H,3-5,13H2,1-2H3. The van der Waals surface area contributed by atoms with E-state index in [2.05, 4.69) is 0 Å². The van der Waals surface area contributed by atoms with Crippen LogP contribution in [-0.2, 0) is 4.74 Å². The van der Waals surface area contributed by atoms with Crippen LogP contribution in [0.15, 0.2) is 12.1 Å². The van der Waals surface area contributed by atoms with Crippen molar-refractivity contribution < 1.29 is 9.47 Å². The molecule has 0 heterocycles. The molecule has 0 amide bonds. The molecular weight excluding hydrogens is 214 g/mol. The number of nitrogens with two attached hydrogens (primary N) is 1. The van der Waals surface area contributed by atoms with E-state index in [1.54, 1.807) is 12.1 Å². The maximum absolute atomic E-state index is 5.89. The Kier molecular flexibility index (Phi) is 4.72. The Morgan fingerprint density at radius 2 is 2.07 bits per heavy atom. The zero-order valence-electron chi connectivity index (χ0n) is 9.05. The lowest BCUT2D eigenvalue weighted by atomic mass is 10.2. The van der Waals surface area contributed by atoms with Crippen molar-refractivity contribution in [3.8, 4) is 5.75 Å². The topological polar surface area (TPSA) is 44.5 Å². The summed E-state index contributed by atoms with van der Waals surface area (Å²) in [5, 5.41) is 0.520. The molecule has 0 atom stereocenters. The number of ether oxygens (including phenoxy) is 2. The minimum atomic E-state index is 0.520. The van der Waals surface area contributed by atoms with E-state index >= 15 is 0 Å². The molecule has 84 valence electrons. The predicted octanol–water partition coefficient (Wildman–Crippen LogP) is 2.65. The van der Waals surface area contributed by atoms with Crippen molar-refractivity contribution in [3.63, 3.8) is 0 Å². The lowest BCUT2D eigenvalue weighted by molar-refractivity contribution is 0.110. The largest absolute Gasteiger partial charge is 0.491 e. The molecule has 0 saturated heterocycles. The second-order valence-corrected chi connectivity index (χ2v) is 3.59. The van der Waals surface area contributed by atoms with E-state index in [0.29, 0.717) is 30.5 Å². The zero-order valence-corrected chi connectivity index (χ0v) is 9.80. The van der Waals surface area contributed by atoms with E-state index < -0.39 is 0 Å². The predicted molar refractivity (Wildman–Crippen MR) is 62.6 cm³/mol. The van der Waals surface area contributed by atoms with Gasteiger partial charge in [0.15, 0.2) is 0 Å². The first-order valence-electron chi connectivity index (χ1n) is 4.91. The van der Waals surface area contributed by atoms with Crippen molar-refractivity contribution in [2.45, 2.75) is 13.8 Å². The minimum absolute atomic E-state index is 0.520. The molecule has 0 unspecified atom stereocenters. The Labute approximate surface area is 95.1 Å². The van der Waals surface area contributed by atoms with E-state index in [-0.39, 0.29) is 0 Å². The average Bonchev–Trinajstić information content (AvgIpc) is 2.20. The van der Waals surface area contributed by atoms with Crippen molar-refractivity contribution in [2.75, 3.05) is 25.6 Å². The van der Waals surface area contributed by atoms with Crippen molar-refractivity contribution >= 4 is 17.3 Å². The maximum Gasteiger partial charge on any atom is 0.123 e. The van der Waals surface area contributed by atoms with Gasteiger partial charge in [-0.25, -0.2) is 0 Å². The van der Waals surface area contributed by atoms with Crippen LogP contribution in [0.3, 0.4) is 0 Å². The molecule has 0 aliphatic heterocycles. The summed E-state index contributed by atoms with van der Waals surface area (Å²) in [4.78, 5) is 0. The SMILES string of the molecule is CCOCCOc1cc(Cl)c(N)cc1C. The fraction of sp³-hybridized carbons (Fsp3) is 0.455. The van der Waals surface area contributed by atoms with Crippen molar-refractivity contribution in [3.05, 3.63) is 22.7 Å². The van der Waals surface area contributed by atoms with Crippen LogP contribution in [0.2, 0.25) is 5.02 Å². The monoisotopic (exact) mass is 229 g/mol. The first kappa shape index (κ1) is 12.1. The number of aryl methyl sites for hydroxylation is 1. The first-order valence-corrected chi connectivity index (χ1v) is 5.29. The molecule has 0 saturated carbocycles. The third-order valence-corrected chi connectivity index (χ3v) is 2.31. The molecule has 15 heavy (non-hydrogen) atoms. The van der Waals surface area contributed by atoms with Crippen LogP contribution in [0.1, 0.15) is 12.5 Å². The van der Waals surface area contributed by atoms with Crippen LogP contribution in [0.25, 0.3) is 0 Å². The number of benzene rings is 1. The molecule has 3 nitrogen and oxygen atoms in total. The first-order chi connectivity index (χ1) is 7.15. The lowest BCUT2D eigenvalue weighted by Gasteiger charge is -2.10. The van der Waals surface area contributed by atoms with Crippen molar-refractivity contribution in [2.24, 2.45) is 0 Å². The van der Waals surface area contributed by atoms with Gasteiger partial charge in [0.05, 0.1) is 17.3 Å². The summed E-state index contributed by atoms with van der Waals surface area (Å²) in [7, 11) is 0. The maximum atomic E-state index is 5.89. The summed E-state index contributed by atoms with van der Waals surface area (Å²) in [6.07, 6.45) is 0. The van der Waals surface area contributed by atoms with E-state index in [0.717, 1.165) is 11.3 Å². The van der Waals surface area contributed by atoms with E-state index in [1.807, 2.05) is 13.8 Å². The summed E-state index contributed by atoms with van der Waals surface area (Å²) in [5.41, 5.74) is 7.21. The highest BCUT2D eigenvalue weighted by atomic mass is 35.5. The van der Waals surface area contributed by atoms with Crippen LogP contribution in [0.5, 0.6) is 5.75 Å². The highest BCUT2D eigenvalue weighted by Crippen LogP contribution is 2.28. The van der Waals surface area contributed by atoms with Crippen LogP contribution in [-0.4, -0.2) is 19.8 Å². The van der Waals surface area contributed by atoms with Crippen LogP contribution >= 0.6 is 11.6 Å². The minimum Gasteiger partial charge on any atom is -0.491 e. The van der Waals surface area contributed by atoms with Gasteiger partial charge >= 0.3 is 0 Å². The summed E-state index contributed by atoms with van der Waals surface area (Å²) < 4.78 is 10.7. The van der Waals surface area contributed by atoms with Crippen molar-refractivity contribution in [1.82, 2.24) is 0 Å². The number of anilines is 1. The summed E-state index contributed by atoms with van der Waals surface area (Å²) in [5.74, 6) is 0.758. The van der Waals surface area contributed by atoms with Crippen LogP contribution < -0.4 is 10.5 Å². The Hall–Kier alpha value is -0.930. The highest BCUT2D eigenvalue weighted by Gasteiger charge is 2.04. The van der Waals surface area contributed by atoms with Gasteiger partial charge in [0.1, 0.15) is 12.4 Å². The van der Waals surface area contributed by atoms with Gasteiger partial charge in [0.2, 0.25) is 0 Å². The molecule has 2 N–H and O–H groups in total. The van der Waals surface area contributed by atoms with Crippen LogP contribution in [0, 0.1) is 6.92 Å². The van der Waals surface area contributed by atoms with Gasteiger partial charge < -0.3 is 15.2 Å². The molecule has 0 radical (unpaired) electrons. The fourth-order valence-electron chi connectivity index (χ4n) is 1.20. The van der Waals surface area contributed by atoms with Gasteiger partial charge in [-0.05, 0) is 25.5 Å². The lowest BCUT2D eigenvalue weighted by Crippen LogP contribution is -2.07. The molecule has 0 spiro atoms. The third-order valence-electron chi connectivity index (χ3n) is 1.98. The Morgan fingerprint density at radius 3 is 2.73 bits per heavy atom. The van der Waals surface area contributed by atoms with Gasteiger partial charge in [-0.15, -0.1) is 0 Å². The number of rotatable bonds is 5. The number of hydrogen-bond acceptors (Lipinski definition) is 3. The molecule has 0 aliphatic rings. The average molecular weight is 230 g/mol. The molecule has 0 aromatic heterocycles. The summed E-state index contributed by atoms with van der Waals surface area (Å²) in [6, 6.07) is 3.54. The highest BCUT2D eigenvalue weighted by molar-refractivity contribution is 6.33. The smallest absolute Gasteiger partial charge is 0.123 e. The summed E-state index contributed by atoms with van der Waals surface area (Å²) in [6.45, 7) is 5.69. The van der Waals surface area contributed by atoms with Crippen molar-refractivity contribution in [1.29, 1.82) is 0 Å². The number of hydrogen-bond donors (Lipinski definition) is 1. The normalized spacial score (nSPS) is 10.3. The van der Waals surface area contributed by atoms with E-state index in [1.165, 1.54) is 0 Å². The molecule has 4 heteroatoms. The number of halogens is 1. The van der Waals surface area contributed by atoms with Gasteiger partial charge in [-0.2, -0.15) is 0 Å². The van der Waals surface area contributed by atoms with E-state index in [9.17, 15) is 0 Å². The molecular formula is C11H16ClNO2. The molecule has 1 aromatic carbocycles. The zero-order chi connectivity index (χ0) is 11.3. The molecule has 1 aromatic rings. The van der Waals surface area contributed by atoms with Gasteiger partial charge in [0.25, 0.3) is 0 Å². The summed E-state index contributed by atoms with van der Waals surface area (Å²) >= 11 is 5.89. The van der Waals surface area contributed by atoms with Crippen LogP contribution in [0.4, 0.5) is 5.69 Å². The Morgan fingerprint density at radius 1 is 1.33 bits per heavy atom. The molecule has 0 aliphatic carbocycles.